The van der Waals surface area contributed by atoms with E-state index in [4.69, 9.17) is 0 Å². The van der Waals surface area contributed by atoms with E-state index in [0.717, 1.165) is 25.7 Å². The van der Waals surface area contributed by atoms with Crippen LogP contribution in [0.15, 0.2) is 0 Å². The molecule has 3 fully saturated rings. The molecule has 20 heavy (non-hydrogen) atoms. The van der Waals surface area contributed by atoms with E-state index in [1.54, 1.807) is 11.9 Å². The molecule has 0 bridgehead atoms. The van der Waals surface area contributed by atoms with E-state index in [1.165, 1.54) is 4.90 Å². The SMILES string of the molecule is CN1CC(=O)N2CCC(NC(=O)C3CCCC3)C2C1=O. The summed E-state index contributed by atoms with van der Waals surface area (Å²) in [5.41, 5.74) is 0. The summed E-state index contributed by atoms with van der Waals surface area (Å²) in [5.74, 6) is 0.0764. The summed E-state index contributed by atoms with van der Waals surface area (Å²) in [6.07, 6.45) is 4.78. The van der Waals surface area contributed by atoms with Gasteiger partial charge in [-0.05, 0) is 19.3 Å². The van der Waals surface area contributed by atoms with Crippen molar-refractivity contribution < 1.29 is 14.4 Å². The Kier molecular flexibility index (Phi) is 3.40. The normalized spacial score (nSPS) is 30.9. The van der Waals surface area contributed by atoms with Gasteiger partial charge in [0.1, 0.15) is 6.04 Å². The van der Waals surface area contributed by atoms with Crippen LogP contribution in [0.4, 0.5) is 0 Å². The molecule has 0 aromatic carbocycles. The molecule has 2 saturated heterocycles. The maximum absolute atomic E-state index is 12.2. The molecule has 2 unspecified atom stereocenters. The molecule has 2 aliphatic heterocycles. The van der Waals surface area contributed by atoms with Crippen molar-refractivity contribution in [3.05, 3.63) is 0 Å². The van der Waals surface area contributed by atoms with Gasteiger partial charge in [0, 0.05) is 19.5 Å². The Hall–Kier alpha value is -1.59. The van der Waals surface area contributed by atoms with Crippen LogP contribution in [0, 0.1) is 5.92 Å². The molecule has 6 heteroatoms. The number of hydrogen-bond acceptors (Lipinski definition) is 3. The minimum absolute atomic E-state index is 0.0188. The molecule has 2 atom stereocenters. The monoisotopic (exact) mass is 279 g/mol. The zero-order chi connectivity index (χ0) is 14.3. The number of amides is 3. The Bertz CT molecular complexity index is 445. The first-order chi connectivity index (χ1) is 9.58. The standard InChI is InChI=1S/C14H21N3O3/c1-16-8-11(18)17-7-6-10(12(17)14(16)20)15-13(19)9-4-2-3-5-9/h9-10,12H,2-8H2,1H3,(H,15,19). The Balaban J connectivity index is 1.69. The number of hydrogen-bond donors (Lipinski definition) is 1. The van der Waals surface area contributed by atoms with E-state index in [9.17, 15) is 14.4 Å². The second-order valence-corrected chi connectivity index (χ2v) is 6.11. The van der Waals surface area contributed by atoms with Crippen LogP contribution in [-0.2, 0) is 14.4 Å². The number of rotatable bonds is 2. The van der Waals surface area contributed by atoms with Crippen molar-refractivity contribution in [1.82, 2.24) is 15.1 Å². The Morgan fingerprint density at radius 1 is 1.20 bits per heavy atom. The number of piperazine rings is 1. The van der Waals surface area contributed by atoms with Crippen LogP contribution in [0.1, 0.15) is 32.1 Å². The molecule has 3 aliphatic rings. The van der Waals surface area contributed by atoms with Crippen LogP contribution in [-0.4, -0.2) is 59.7 Å². The Morgan fingerprint density at radius 2 is 1.90 bits per heavy atom. The highest BCUT2D eigenvalue weighted by Gasteiger charge is 2.47. The third-order valence-corrected chi connectivity index (χ3v) is 4.77. The number of likely N-dealkylation sites (N-methyl/N-ethyl adjacent to an activating group) is 1. The van der Waals surface area contributed by atoms with Gasteiger partial charge in [-0.3, -0.25) is 14.4 Å². The molecule has 110 valence electrons. The van der Waals surface area contributed by atoms with Crippen LogP contribution in [0.2, 0.25) is 0 Å². The van der Waals surface area contributed by atoms with Gasteiger partial charge >= 0.3 is 0 Å². The van der Waals surface area contributed by atoms with Gasteiger partial charge in [-0.2, -0.15) is 0 Å². The van der Waals surface area contributed by atoms with Gasteiger partial charge in [0.25, 0.3) is 0 Å². The van der Waals surface area contributed by atoms with Crippen LogP contribution < -0.4 is 5.32 Å². The Labute approximate surface area is 118 Å². The number of nitrogens with zero attached hydrogens (tertiary/aromatic N) is 2. The van der Waals surface area contributed by atoms with E-state index in [0.29, 0.717) is 13.0 Å². The second-order valence-electron chi connectivity index (χ2n) is 6.11. The van der Waals surface area contributed by atoms with Crippen molar-refractivity contribution in [2.24, 2.45) is 5.92 Å². The molecule has 1 N–H and O–H groups in total. The summed E-state index contributed by atoms with van der Waals surface area (Å²) in [6, 6.07) is -0.714. The topological polar surface area (TPSA) is 69.7 Å². The molecule has 0 spiro atoms. The first-order valence-corrected chi connectivity index (χ1v) is 7.43. The lowest BCUT2D eigenvalue weighted by Crippen LogP contribution is -2.61. The van der Waals surface area contributed by atoms with Crippen LogP contribution in [0.5, 0.6) is 0 Å². The Morgan fingerprint density at radius 3 is 2.60 bits per heavy atom. The van der Waals surface area contributed by atoms with Gasteiger partial charge in [-0.1, -0.05) is 12.8 Å². The minimum Gasteiger partial charge on any atom is -0.350 e. The molecule has 2 heterocycles. The summed E-state index contributed by atoms with van der Waals surface area (Å²) < 4.78 is 0. The summed E-state index contributed by atoms with van der Waals surface area (Å²) in [4.78, 5) is 39.5. The lowest BCUT2D eigenvalue weighted by molar-refractivity contribution is -0.153. The van der Waals surface area contributed by atoms with E-state index < -0.39 is 6.04 Å². The molecular formula is C14H21N3O3. The van der Waals surface area contributed by atoms with Crippen LogP contribution >= 0.6 is 0 Å². The van der Waals surface area contributed by atoms with Crippen molar-refractivity contribution in [3.8, 4) is 0 Å². The van der Waals surface area contributed by atoms with Crippen molar-refractivity contribution in [2.45, 2.75) is 44.2 Å². The zero-order valence-corrected chi connectivity index (χ0v) is 11.8. The summed E-state index contributed by atoms with van der Waals surface area (Å²) >= 11 is 0. The molecule has 6 nitrogen and oxygen atoms in total. The maximum Gasteiger partial charge on any atom is 0.247 e. The fraction of sp³-hybridized carbons (Fsp3) is 0.786. The first-order valence-electron chi connectivity index (χ1n) is 7.43. The highest BCUT2D eigenvalue weighted by atomic mass is 16.2. The quantitative estimate of drug-likeness (QED) is 0.757. The molecular weight excluding hydrogens is 258 g/mol. The number of fused-ring (bicyclic) bond motifs is 1. The predicted molar refractivity (Wildman–Crippen MR) is 71.6 cm³/mol. The van der Waals surface area contributed by atoms with Crippen LogP contribution in [0.25, 0.3) is 0 Å². The predicted octanol–water partition coefficient (Wildman–Crippen LogP) is -0.266. The van der Waals surface area contributed by atoms with Gasteiger partial charge in [0.05, 0.1) is 12.6 Å². The third kappa shape index (κ3) is 2.17. The molecule has 3 amide bonds. The molecule has 0 radical (unpaired) electrons. The van der Waals surface area contributed by atoms with Crippen molar-refractivity contribution >= 4 is 17.7 Å². The van der Waals surface area contributed by atoms with Crippen molar-refractivity contribution in [3.63, 3.8) is 0 Å². The summed E-state index contributed by atoms with van der Waals surface area (Å²) in [5, 5.41) is 3.01. The van der Waals surface area contributed by atoms with Gasteiger partial charge in [-0.25, -0.2) is 0 Å². The largest absolute Gasteiger partial charge is 0.350 e. The van der Waals surface area contributed by atoms with Crippen molar-refractivity contribution in [1.29, 1.82) is 0 Å². The first kappa shape index (κ1) is 13.4. The molecule has 3 rings (SSSR count). The van der Waals surface area contributed by atoms with Gasteiger partial charge in [0.15, 0.2) is 0 Å². The molecule has 1 saturated carbocycles. The lowest BCUT2D eigenvalue weighted by Gasteiger charge is -2.36. The zero-order valence-electron chi connectivity index (χ0n) is 11.8. The summed E-state index contributed by atoms with van der Waals surface area (Å²) in [6.45, 7) is 0.720. The van der Waals surface area contributed by atoms with Gasteiger partial charge in [0.2, 0.25) is 17.7 Å². The number of nitrogens with one attached hydrogen (secondary N) is 1. The molecule has 0 aromatic rings. The van der Waals surface area contributed by atoms with Gasteiger partial charge < -0.3 is 15.1 Å². The highest BCUT2D eigenvalue weighted by Crippen LogP contribution is 2.27. The third-order valence-electron chi connectivity index (χ3n) is 4.77. The van der Waals surface area contributed by atoms with E-state index in [2.05, 4.69) is 5.32 Å². The van der Waals surface area contributed by atoms with Crippen LogP contribution in [0.3, 0.4) is 0 Å². The number of carbonyl (C=O) groups excluding carboxylic acids is 3. The minimum atomic E-state index is -0.494. The smallest absolute Gasteiger partial charge is 0.247 e. The highest BCUT2D eigenvalue weighted by molar-refractivity contribution is 5.96. The fourth-order valence-electron chi connectivity index (χ4n) is 3.61. The maximum atomic E-state index is 12.2. The van der Waals surface area contributed by atoms with E-state index in [-0.39, 0.29) is 36.2 Å². The van der Waals surface area contributed by atoms with E-state index >= 15 is 0 Å². The molecule has 0 aromatic heterocycles. The van der Waals surface area contributed by atoms with Gasteiger partial charge in [-0.15, -0.1) is 0 Å². The lowest BCUT2D eigenvalue weighted by atomic mass is 10.0. The van der Waals surface area contributed by atoms with E-state index in [1.807, 2.05) is 0 Å². The average Bonchev–Trinajstić information content (AvgIpc) is 3.05. The van der Waals surface area contributed by atoms with Crippen molar-refractivity contribution in [2.75, 3.05) is 20.1 Å². The number of carbonyl (C=O) groups is 3. The fourth-order valence-corrected chi connectivity index (χ4v) is 3.61. The summed E-state index contributed by atoms with van der Waals surface area (Å²) in [7, 11) is 1.64. The molecule has 1 aliphatic carbocycles. The average molecular weight is 279 g/mol. The second kappa shape index (κ2) is 5.07.